The van der Waals surface area contributed by atoms with Crippen LogP contribution in [0.4, 0.5) is 0 Å². The smallest absolute Gasteiger partial charge is 0.338 e. The Kier molecular flexibility index (Phi) is 3.31. The lowest BCUT2D eigenvalue weighted by atomic mass is 10.1. The van der Waals surface area contributed by atoms with Gasteiger partial charge in [-0.2, -0.15) is 0 Å². The van der Waals surface area contributed by atoms with Crippen LogP contribution in [0.15, 0.2) is 35.7 Å². The highest BCUT2D eigenvalue weighted by Crippen LogP contribution is 2.38. The van der Waals surface area contributed by atoms with Gasteiger partial charge in [-0.15, -0.1) is 22.7 Å². The third-order valence-electron chi connectivity index (χ3n) is 2.79. The van der Waals surface area contributed by atoms with E-state index in [-0.39, 0.29) is 5.97 Å². The van der Waals surface area contributed by atoms with Gasteiger partial charge in [0, 0.05) is 24.9 Å². The van der Waals surface area contributed by atoms with Crippen molar-refractivity contribution in [2.24, 2.45) is 0 Å². The van der Waals surface area contributed by atoms with Gasteiger partial charge in [0.25, 0.3) is 0 Å². The lowest BCUT2D eigenvalue weighted by Crippen LogP contribution is -2.03. The summed E-state index contributed by atoms with van der Waals surface area (Å²) in [5.41, 5.74) is 1.37. The molecule has 0 amide bonds. The first-order valence-electron chi connectivity index (χ1n) is 5.54. The van der Waals surface area contributed by atoms with Crippen LogP contribution in [0, 0.1) is 0 Å². The average molecular weight is 309 g/mol. The molecule has 0 aliphatic carbocycles. The minimum absolute atomic E-state index is 0.366. The number of carbonyl (C=O) groups is 1. The lowest BCUT2D eigenvalue weighted by molar-refractivity contribution is 0.0601. The van der Waals surface area contributed by atoms with Crippen molar-refractivity contribution in [3.8, 4) is 10.4 Å². The van der Waals surface area contributed by atoms with Crippen molar-refractivity contribution in [1.82, 2.24) is 0 Å². The highest BCUT2D eigenvalue weighted by Gasteiger charge is 2.16. The molecule has 0 unspecified atom stereocenters. The zero-order chi connectivity index (χ0) is 13.4. The van der Waals surface area contributed by atoms with E-state index in [1.807, 2.05) is 6.07 Å². The number of thiophene rings is 2. The third-order valence-corrected chi connectivity index (χ3v) is 5.15. The molecule has 0 saturated carbocycles. The van der Waals surface area contributed by atoms with Gasteiger partial charge in [-0.3, -0.25) is 0 Å². The fourth-order valence-corrected chi connectivity index (χ4v) is 4.23. The number of esters is 1. The number of fused-ring (bicyclic) bond motifs is 1. The van der Waals surface area contributed by atoms with E-state index in [0.29, 0.717) is 10.6 Å². The van der Waals surface area contributed by atoms with Gasteiger partial charge in [-0.25, -0.2) is 4.79 Å². The van der Waals surface area contributed by atoms with Crippen molar-refractivity contribution in [2.45, 2.75) is 0 Å². The highest BCUT2D eigenvalue weighted by molar-refractivity contribution is 7.28. The van der Waals surface area contributed by atoms with E-state index in [1.165, 1.54) is 16.5 Å². The Hall–Kier alpha value is -1.36. The summed E-state index contributed by atoms with van der Waals surface area (Å²) in [4.78, 5) is 12.9. The van der Waals surface area contributed by atoms with Crippen LogP contribution in [0.1, 0.15) is 10.4 Å². The molecular formula is C14H9ClO2S2. The quantitative estimate of drug-likeness (QED) is 0.618. The molecule has 19 heavy (non-hydrogen) atoms. The van der Waals surface area contributed by atoms with E-state index < -0.39 is 0 Å². The van der Waals surface area contributed by atoms with Crippen LogP contribution in [0.5, 0.6) is 0 Å². The lowest BCUT2D eigenvalue weighted by Gasteiger charge is -2.06. The first-order valence-corrected chi connectivity index (χ1v) is 7.62. The van der Waals surface area contributed by atoms with Crippen LogP contribution in [-0.4, -0.2) is 13.1 Å². The van der Waals surface area contributed by atoms with E-state index in [9.17, 15) is 4.79 Å². The molecule has 0 N–H and O–H groups in total. The Morgan fingerprint density at radius 3 is 2.79 bits per heavy atom. The van der Waals surface area contributed by atoms with Gasteiger partial charge < -0.3 is 4.74 Å². The molecule has 0 aliphatic heterocycles. The van der Waals surface area contributed by atoms with Gasteiger partial charge in [0.05, 0.1) is 12.7 Å². The molecule has 2 nitrogen and oxygen atoms in total. The minimum atomic E-state index is -0.366. The Labute approximate surface area is 123 Å². The van der Waals surface area contributed by atoms with Gasteiger partial charge in [-0.05, 0) is 29.6 Å². The van der Waals surface area contributed by atoms with E-state index >= 15 is 0 Å². The maximum Gasteiger partial charge on any atom is 0.338 e. The molecule has 0 aliphatic rings. The highest BCUT2D eigenvalue weighted by atomic mass is 35.5. The van der Waals surface area contributed by atoms with E-state index in [1.54, 1.807) is 34.8 Å². The topological polar surface area (TPSA) is 26.3 Å². The predicted molar refractivity (Wildman–Crippen MR) is 81.5 cm³/mol. The molecular weight excluding hydrogens is 300 g/mol. The van der Waals surface area contributed by atoms with Crippen molar-refractivity contribution >= 4 is 49.6 Å². The summed E-state index contributed by atoms with van der Waals surface area (Å²) in [5, 5.41) is 2.59. The molecule has 0 bridgehead atoms. The van der Waals surface area contributed by atoms with Crippen LogP contribution >= 0.6 is 34.3 Å². The van der Waals surface area contributed by atoms with Gasteiger partial charge in [0.1, 0.15) is 0 Å². The van der Waals surface area contributed by atoms with Crippen molar-refractivity contribution < 1.29 is 9.53 Å². The van der Waals surface area contributed by atoms with E-state index in [0.717, 1.165) is 10.4 Å². The zero-order valence-electron chi connectivity index (χ0n) is 9.98. The maximum absolute atomic E-state index is 11.8. The largest absolute Gasteiger partial charge is 0.465 e. The molecule has 3 aromatic rings. The summed E-state index contributed by atoms with van der Waals surface area (Å²) in [6, 6.07) is 9.49. The van der Waals surface area contributed by atoms with Gasteiger partial charge in [0.15, 0.2) is 0 Å². The molecule has 96 valence electrons. The molecule has 3 rings (SSSR count). The Morgan fingerprint density at radius 2 is 2.05 bits per heavy atom. The number of hydrogen-bond donors (Lipinski definition) is 0. The Balaban J connectivity index is 2.18. The fourth-order valence-electron chi connectivity index (χ4n) is 1.91. The van der Waals surface area contributed by atoms with Crippen LogP contribution in [0.25, 0.3) is 19.8 Å². The number of halogens is 1. The van der Waals surface area contributed by atoms with Crippen LogP contribution in [0.2, 0.25) is 5.02 Å². The first kappa shape index (κ1) is 12.7. The van der Waals surface area contributed by atoms with E-state index in [4.69, 9.17) is 16.3 Å². The molecule has 2 aromatic heterocycles. The summed E-state index contributed by atoms with van der Waals surface area (Å²) in [6.45, 7) is 0. The number of benzene rings is 1. The van der Waals surface area contributed by atoms with Crippen LogP contribution in [0.3, 0.4) is 0 Å². The molecule has 2 heterocycles. The number of ether oxygens (including phenoxy) is 1. The van der Waals surface area contributed by atoms with Crippen molar-refractivity contribution in [3.63, 3.8) is 0 Å². The average Bonchev–Trinajstić information content (AvgIpc) is 2.98. The fraction of sp³-hybridized carbons (Fsp3) is 0.0714. The maximum atomic E-state index is 11.8. The Bertz CT molecular complexity index is 729. The van der Waals surface area contributed by atoms with Crippen molar-refractivity contribution in [3.05, 3.63) is 46.3 Å². The summed E-state index contributed by atoms with van der Waals surface area (Å²) >= 11 is 9.32. The summed E-state index contributed by atoms with van der Waals surface area (Å²) in [7, 11) is 1.38. The van der Waals surface area contributed by atoms with Gasteiger partial charge >= 0.3 is 5.97 Å². The molecule has 0 saturated heterocycles. The summed E-state index contributed by atoms with van der Waals surface area (Å²) in [5.74, 6) is -0.366. The second-order valence-electron chi connectivity index (χ2n) is 3.94. The van der Waals surface area contributed by atoms with Crippen molar-refractivity contribution in [1.29, 1.82) is 0 Å². The number of methoxy groups -OCH3 is 1. The monoisotopic (exact) mass is 308 g/mol. The number of rotatable bonds is 2. The molecule has 0 radical (unpaired) electrons. The SMILES string of the molecule is COC(=O)c1cc(Cl)ccc1-c1cc2sccc2s1. The predicted octanol–water partition coefficient (Wildman–Crippen LogP) is 5.07. The van der Waals surface area contributed by atoms with Crippen LogP contribution in [-0.2, 0) is 4.74 Å². The molecule has 0 fully saturated rings. The Morgan fingerprint density at radius 1 is 1.21 bits per heavy atom. The molecule has 0 spiro atoms. The normalized spacial score (nSPS) is 10.8. The van der Waals surface area contributed by atoms with Gasteiger partial charge in [0.2, 0.25) is 0 Å². The second-order valence-corrected chi connectivity index (χ2v) is 6.41. The molecule has 5 heteroatoms. The zero-order valence-corrected chi connectivity index (χ0v) is 12.4. The van der Waals surface area contributed by atoms with Crippen LogP contribution < -0.4 is 0 Å². The van der Waals surface area contributed by atoms with Crippen molar-refractivity contribution in [2.75, 3.05) is 7.11 Å². The standard InChI is InChI=1S/C14H9ClO2S2/c1-17-14(16)10-6-8(15)2-3-9(10)12-7-13-11(19-12)4-5-18-13/h2-7H,1H3. The first-order chi connectivity index (χ1) is 9.19. The molecule has 0 atom stereocenters. The third kappa shape index (κ3) is 2.27. The van der Waals surface area contributed by atoms with E-state index in [2.05, 4.69) is 17.5 Å². The minimum Gasteiger partial charge on any atom is -0.465 e. The second kappa shape index (κ2) is 4.96. The number of carbonyl (C=O) groups excluding carboxylic acids is 1. The number of hydrogen-bond acceptors (Lipinski definition) is 4. The summed E-state index contributed by atoms with van der Waals surface area (Å²) in [6.07, 6.45) is 0. The van der Waals surface area contributed by atoms with Gasteiger partial charge in [-0.1, -0.05) is 17.7 Å². The summed E-state index contributed by atoms with van der Waals surface area (Å²) < 4.78 is 7.27. The molecule has 1 aromatic carbocycles.